The van der Waals surface area contributed by atoms with Gasteiger partial charge >= 0.3 is 0 Å². The van der Waals surface area contributed by atoms with Crippen molar-refractivity contribution in [3.8, 4) is 28.7 Å². The number of phenolic OH excluding ortho intramolecular Hbond substituents is 2. The van der Waals surface area contributed by atoms with Crippen LogP contribution in [0, 0.1) is 6.92 Å². The van der Waals surface area contributed by atoms with Gasteiger partial charge in [0.25, 0.3) is 0 Å². The number of aliphatic hydroxyl groups excluding tert-OH is 1. The predicted octanol–water partition coefficient (Wildman–Crippen LogP) is 4.59. The molecule has 0 radical (unpaired) electrons. The Balaban J connectivity index is 2.23. The van der Waals surface area contributed by atoms with E-state index >= 15 is 0 Å². The molecule has 0 aliphatic rings. The number of methoxy groups -OCH3 is 3. The molecule has 4 N–H and O–H groups in total. The fourth-order valence-corrected chi connectivity index (χ4v) is 7.12. The molecule has 0 amide bonds. The van der Waals surface area contributed by atoms with Gasteiger partial charge in [0, 0.05) is 67.0 Å². The minimum Gasteiger partial charge on any atom is -0.512 e. The smallest absolute Gasteiger partial charge is 0.194 e. The van der Waals surface area contributed by atoms with Crippen LogP contribution in [0.25, 0.3) is 59.6 Å². The first-order valence-electron chi connectivity index (χ1n) is 14.3. The van der Waals surface area contributed by atoms with Gasteiger partial charge in [-0.05, 0) is 38.9 Å². The van der Waals surface area contributed by atoms with Crippen molar-refractivity contribution < 1.29 is 29.5 Å². The van der Waals surface area contributed by atoms with Crippen molar-refractivity contribution in [3.63, 3.8) is 0 Å². The van der Waals surface area contributed by atoms with E-state index in [1.165, 1.54) is 40.4 Å². The summed E-state index contributed by atoms with van der Waals surface area (Å²) in [4.78, 5) is 29.6. The average molecular weight is 599 g/mol. The lowest BCUT2D eigenvalue weighted by molar-refractivity contribution is 0.380. The summed E-state index contributed by atoms with van der Waals surface area (Å²) in [7, 11) is 6.06. The number of aromatic hydroxyl groups is 2. The largest absolute Gasteiger partial charge is 0.512 e. The number of ether oxygens (including phenoxy) is 3. The zero-order valence-corrected chi connectivity index (χ0v) is 25.7. The number of hydrogen-bond acceptors (Lipinski definition) is 10. The molecule has 0 spiro atoms. The Morgan fingerprint density at radius 2 is 1.34 bits per heavy atom. The monoisotopic (exact) mass is 598 g/mol. The molecule has 44 heavy (non-hydrogen) atoms. The summed E-state index contributed by atoms with van der Waals surface area (Å²) in [6.45, 7) is 6.29. The van der Waals surface area contributed by atoms with E-state index in [2.05, 4.69) is 5.32 Å². The molecule has 228 valence electrons. The SMILES string of the molecule is CCCN(CNC)c1c(O)c2c(=O)cc(OC)c3c4c(OC)cc(=O)c5c(O)c(OC)c6c(=C(C)O)c(C)cc1c(c23)c6c54. The van der Waals surface area contributed by atoms with Crippen LogP contribution in [0.5, 0.6) is 28.7 Å². The summed E-state index contributed by atoms with van der Waals surface area (Å²) in [6.07, 6.45) is 0.748. The van der Waals surface area contributed by atoms with E-state index in [9.17, 15) is 24.9 Å². The summed E-state index contributed by atoms with van der Waals surface area (Å²) in [5.41, 5.74) is 0.0896. The maximum absolute atomic E-state index is 13.9. The van der Waals surface area contributed by atoms with Gasteiger partial charge in [-0.25, -0.2) is 0 Å². The van der Waals surface area contributed by atoms with Gasteiger partial charge in [-0.1, -0.05) is 6.92 Å². The molecule has 0 saturated carbocycles. The van der Waals surface area contributed by atoms with E-state index < -0.39 is 10.9 Å². The highest BCUT2D eigenvalue weighted by molar-refractivity contribution is 6.44. The number of aliphatic hydroxyl groups is 1. The Bertz CT molecular complexity index is 2310. The molecule has 0 aliphatic carbocycles. The molecule has 0 aromatic heterocycles. The molecule has 0 bridgehead atoms. The van der Waals surface area contributed by atoms with E-state index in [4.69, 9.17) is 14.2 Å². The van der Waals surface area contributed by atoms with E-state index in [1.54, 1.807) is 7.05 Å². The maximum Gasteiger partial charge on any atom is 0.194 e. The van der Waals surface area contributed by atoms with Gasteiger partial charge in [-0.2, -0.15) is 0 Å². The summed E-state index contributed by atoms with van der Waals surface area (Å²) >= 11 is 0. The molecule has 0 saturated heterocycles. The second kappa shape index (κ2) is 10.3. The van der Waals surface area contributed by atoms with Crippen molar-refractivity contribution in [3.05, 3.63) is 49.4 Å². The number of hydrogen-bond donors (Lipinski definition) is 4. The van der Waals surface area contributed by atoms with Crippen molar-refractivity contribution in [2.45, 2.75) is 27.2 Å². The molecular formula is C34H34N2O8. The summed E-state index contributed by atoms with van der Waals surface area (Å²) < 4.78 is 17.3. The highest BCUT2D eigenvalue weighted by Gasteiger charge is 2.32. The third-order valence-corrected chi connectivity index (χ3v) is 8.59. The van der Waals surface area contributed by atoms with Crippen molar-refractivity contribution in [2.24, 2.45) is 0 Å². The Kier molecular flexibility index (Phi) is 6.85. The van der Waals surface area contributed by atoms with Crippen LogP contribution in [0.2, 0.25) is 0 Å². The van der Waals surface area contributed by atoms with Crippen LogP contribution in [0.4, 0.5) is 5.69 Å². The minimum absolute atomic E-state index is 0.000775. The number of phenols is 2. The predicted molar refractivity (Wildman–Crippen MR) is 175 cm³/mol. The Morgan fingerprint density at radius 3 is 1.84 bits per heavy atom. The molecule has 10 nitrogen and oxygen atoms in total. The van der Waals surface area contributed by atoms with E-state index in [-0.39, 0.29) is 45.3 Å². The topological polar surface area (TPSA) is 138 Å². The summed E-state index contributed by atoms with van der Waals surface area (Å²) in [6, 6.07) is 4.46. The molecule has 0 unspecified atom stereocenters. The number of benzene rings is 5. The van der Waals surface area contributed by atoms with Gasteiger partial charge in [0.05, 0.1) is 50.2 Å². The van der Waals surface area contributed by atoms with Crippen molar-refractivity contribution in [1.82, 2.24) is 5.32 Å². The molecule has 10 heteroatoms. The Labute approximate surface area is 251 Å². The molecular weight excluding hydrogens is 564 g/mol. The van der Waals surface area contributed by atoms with Crippen LogP contribution in [0.15, 0.2) is 27.8 Å². The number of nitrogens with one attached hydrogen (secondary N) is 1. The summed E-state index contributed by atoms with van der Waals surface area (Å²) in [5.74, 6) is -0.202. The minimum atomic E-state index is -0.498. The first-order chi connectivity index (χ1) is 21.1. The number of anilines is 1. The fraction of sp³-hybridized carbons (Fsp3) is 0.294. The maximum atomic E-state index is 13.9. The average Bonchev–Trinajstić information content (AvgIpc) is 3.11. The van der Waals surface area contributed by atoms with Gasteiger partial charge < -0.3 is 39.7 Å². The second-order valence-electron chi connectivity index (χ2n) is 11.1. The lowest BCUT2D eigenvalue weighted by atomic mass is 9.84. The third-order valence-electron chi connectivity index (χ3n) is 8.59. The lowest BCUT2D eigenvalue weighted by Crippen LogP contribution is -2.33. The van der Waals surface area contributed by atoms with Gasteiger partial charge in [0.2, 0.25) is 0 Å². The second-order valence-corrected chi connectivity index (χ2v) is 11.1. The molecule has 6 aromatic rings. The van der Waals surface area contributed by atoms with E-state index in [1.807, 2.05) is 24.8 Å². The van der Waals surface area contributed by atoms with E-state index in [0.29, 0.717) is 72.8 Å². The molecule has 6 rings (SSSR count). The first-order valence-corrected chi connectivity index (χ1v) is 14.3. The highest BCUT2D eigenvalue weighted by atomic mass is 16.5. The van der Waals surface area contributed by atoms with Crippen molar-refractivity contribution in [2.75, 3.05) is 46.5 Å². The van der Waals surface area contributed by atoms with Gasteiger partial charge in [-0.15, -0.1) is 0 Å². The first kappa shape index (κ1) is 29.1. The normalized spacial score (nSPS) is 12.7. The van der Waals surface area contributed by atoms with Crippen LogP contribution in [0.3, 0.4) is 0 Å². The van der Waals surface area contributed by atoms with Crippen LogP contribution < -0.4 is 40.5 Å². The van der Waals surface area contributed by atoms with Crippen molar-refractivity contribution in [1.29, 1.82) is 0 Å². The van der Waals surface area contributed by atoms with Gasteiger partial charge in [0.1, 0.15) is 11.5 Å². The number of aryl methyl sites for hydroxylation is 1. The summed E-state index contributed by atoms with van der Waals surface area (Å²) in [5, 5.41) is 42.1. The molecule has 0 aliphatic heterocycles. The Morgan fingerprint density at radius 1 is 0.795 bits per heavy atom. The van der Waals surface area contributed by atoms with Crippen molar-refractivity contribution >= 4 is 65.3 Å². The van der Waals surface area contributed by atoms with Crippen LogP contribution >= 0.6 is 0 Å². The zero-order valence-electron chi connectivity index (χ0n) is 25.7. The fourth-order valence-electron chi connectivity index (χ4n) is 7.12. The van der Waals surface area contributed by atoms with Crippen LogP contribution in [-0.4, -0.2) is 56.9 Å². The standard InChI is InChI=1S/C34H34N2O8/c1-8-9-36(13-35-4)31-16-10-14(2)21(15(3)37)30-28-22(16)27-23(32(31)40)17(38)11-19(42-5)25(27)26-20(43-6)12-18(39)24(29(26)28)33(41)34(30)44-7/h10-12,35,37,40-41H,8-9,13H2,1-7H3. The number of fused-ring (bicyclic) bond motifs is 1. The number of nitrogens with zero attached hydrogens (tertiary/aromatic N) is 1. The third kappa shape index (κ3) is 3.64. The Hall–Kier alpha value is -4.96. The molecule has 6 aromatic carbocycles. The quantitative estimate of drug-likeness (QED) is 0.112. The molecule has 0 heterocycles. The molecule has 0 fully saturated rings. The van der Waals surface area contributed by atoms with E-state index in [0.717, 1.165) is 6.42 Å². The van der Waals surface area contributed by atoms with Crippen LogP contribution in [0.1, 0.15) is 25.8 Å². The lowest BCUT2D eigenvalue weighted by Gasteiger charge is -2.28. The molecule has 0 atom stereocenters. The van der Waals surface area contributed by atoms with Crippen LogP contribution in [-0.2, 0) is 0 Å². The zero-order chi connectivity index (χ0) is 31.8. The number of rotatable bonds is 8. The van der Waals surface area contributed by atoms with Gasteiger partial charge in [0.15, 0.2) is 28.1 Å². The van der Waals surface area contributed by atoms with Gasteiger partial charge in [-0.3, -0.25) is 9.59 Å². The highest BCUT2D eigenvalue weighted by Crippen LogP contribution is 2.55.